The largest absolute Gasteiger partial charge is 0.478 e. The van der Waals surface area contributed by atoms with Gasteiger partial charge in [0.25, 0.3) is 0 Å². The van der Waals surface area contributed by atoms with Crippen molar-refractivity contribution in [3.8, 4) is 11.3 Å². The summed E-state index contributed by atoms with van der Waals surface area (Å²) < 4.78 is 0. The lowest BCUT2D eigenvalue weighted by Gasteiger charge is -2.30. The van der Waals surface area contributed by atoms with Crippen molar-refractivity contribution in [3.63, 3.8) is 0 Å². The molecule has 0 unspecified atom stereocenters. The van der Waals surface area contributed by atoms with Crippen molar-refractivity contribution in [2.24, 2.45) is 0 Å². The maximum Gasteiger partial charge on any atom is 0.337 e. The molecule has 2 aromatic heterocycles. The number of hydrogen-bond donors (Lipinski definition) is 1. The van der Waals surface area contributed by atoms with Crippen molar-refractivity contribution in [3.05, 3.63) is 41.6 Å². The van der Waals surface area contributed by atoms with E-state index in [2.05, 4.69) is 15.0 Å². The van der Waals surface area contributed by atoms with Crippen LogP contribution >= 0.6 is 0 Å². The Bertz CT molecular complexity index is 814. The van der Waals surface area contributed by atoms with Gasteiger partial charge in [0.1, 0.15) is 5.82 Å². The highest BCUT2D eigenvalue weighted by Gasteiger charge is 2.24. The van der Waals surface area contributed by atoms with Gasteiger partial charge in [0.05, 0.1) is 11.3 Å². The number of likely N-dealkylation sites (tertiary alicyclic amines) is 1. The Morgan fingerprint density at radius 3 is 2.52 bits per heavy atom. The molecule has 0 radical (unpaired) electrons. The Kier molecular flexibility index (Phi) is 4.74. The van der Waals surface area contributed by atoms with Gasteiger partial charge in [0.2, 0.25) is 5.91 Å². The van der Waals surface area contributed by atoms with Crippen molar-refractivity contribution in [2.75, 3.05) is 13.1 Å². The number of aromatic carboxylic acids is 1. The number of carboxylic acid groups (broad SMARTS) is 1. The van der Waals surface area contributed by atoms with Gasteiger partial charge in [-0.25, -0.2) is 14.8 Å². The number of carbonyl (C=O) groups excluding carboxylic acids is 1. The second-order valence-electron chi connectivity index (χ2n) is 6.30. The van der Waals surface area contributed by atoms with Crippen molar-refractivity contribution in [1.82, 2.24) is 19.9 Å². The number of hydrogen-bond acceptors (Lipinski definition) is 5. The maximum atomic E-state index is 11.5. The van der Waals surface area contributed by atoms with Crippen LogP contribution in [-0.4, -0.2) is 49.9 Å². The van der Waals surface area contributed by atoms with Gasteiger partial charge in [-0.2, -0.15) is 0 Å². The Balaban J connectivity index is 1.88. The van der Waals surface area contributed by atoms with E-state index in [4.69, 9.17) is 5.11 Å². The first-order valence-corrected chi connectivity index (χ1v) is 8.24. The van der Waals surface area contributed by atoms with E-state index in [0.29, 0.717) is 24.3 Å². The van der Waals surface area contributed by atoms with Gasteiger partial charge in [0.15, 0.2) is 0 Å². The molecule has 7 nitrogen and oxygen atoms in total. The van der Waals surface area contributed by atoms with Crippen LogP contribution in [0.1, 0.15) is 47.6 Å². The highest BCUT2D eigenvalue weighted by molar-refractivity contribution is 5.88. The Morgan fingerprint density at radius 2 is 1.88 bits per heavy atom. The number of nitrogens with zero attached hydrogens (tertiary/aromatic N) is 4. The molecule has 2 aromatic rings. The zero-order chi connectivity index (χ0) is 18.0. The van der Waals surface area contributed by atoms with Crippen LogP contribution in [0.3, 0.4) is 0 Å². The lowest BCUT2D eigenvalue weighted by molar-refractivity contribution is -0.129. The number of carbonyl (C=O) groups is 2. The molecule has 0 atom stereocenters. The first-order valence-electron chi connectivity index (χ1n) is 8.24. The summed E-state index contributed by atoms with van der Waals surface area (Å²) in [7, 11) is 0. The average Bonchev–Trinajstić information content (AvgIpc) is 2.61. The fraction of sp³-hybridized carbons (Fsp3) is 0.389. The zero-order valence-electron chi connectivity index (χ0n) is 14.3. The zero-order valence-corrected chi connectivity index (χ0v) is 14.3. The molecule has 130 valence electrons. The van der Waals surface area contributed by atoms with E-state index in [0.717, 1.165) is 24.4 Å². The monoisotopic (exact) mass is 340 g/mol. The minimum atomic E-state index is -1.02. The van der Waals surface area contributed by atoms with Crippen LogP contribution in [0, 0.1) is 6.92 Å². The minimum absolute atomic E-state index is 0.0980. The van der Waals surface area contributed by atoms with Gasteiger partial charge >= 0.3 is 5.97 Å². The summed E-state index contributed by atoms with van der Waals surface area (Å²) in [5, 5.41) is 9.13. The Labute approximate surface area is 145 Å². The molecule has 1 aliphatic heterocycles. The smallest absolute Gasteiger partial charge is 0.337 e. The van der Waals surface area contributed by atoms with E-state index >= 15 is 0 Å². The van der Waals surface area contributed by atoms with Gasteiger partial charge < -0.3 is 10.0 Å². The van der Waals surface area contributed by atoms with Crippen LogP contribution in [0.25, 0.3) is 11.3 Å². The molecule has 7 heteroatoms. The summed E-state index contributed by atoms with van der Waals surface area (Å²) in [6.07, 6.45) is 4.58. The molecule has 1 fully saturated rings. The molecule has 0 spiro atoms. The van der Waals surface area contributed by atoms with E-state index < -0.39 is 5.97 Å². The molecule has 0 aliphatic carbocycles. The minimum Gasteiger partial charge on any atom is -0.478 e. The molecule has 1 saturated heterocycles. The SMILES string of the molecule is CC(=O)N1CCC(c2nc(C)cc(-c3cncc(C(=O)O)c3)n2)CC1. The van der Waals surface area contributed by atoms with E-state index in [9.17, 15) is 9.59 Å². The van der Waals surface area contributed by atoms with Gasteiger partial charge in [-0.15, -0.1) is 0 Å². The van der Waals surface area contributed by atoms with Crippen LogP contribution in [0.15, 0.2) is 24.5 Å². The first-order chi connectivity index (χ1) is 11.9. The number of pyridine rings is 1. The molecule has 1 amide bonds. The predicted octanol–water partition coefficient (Wildman–Crippen LogP) is 2.27. The van der Waals surface area contributed by atoms with Crippen LogP contribution in [0.5, 0.6) is 0 Å². The van der Waals surface area contributed by atoms with E-state index in [1.165, 1.54) is 6.20 Å². The summed E-state index contributed by atoms with van der Waals surface area (Å²) in [6.45, 7) is 4.91. The van der Waals surface area contributed by atoms with E-state index in [1.54, 1.807) is 19.2 Å². The fourth-order valence-electron chi connectivity index (χ4n) is 3.07. The van der Waals surface area contributed by atoms with Gasteiger partial charge in [-0.1, -0.05) is 0 Å². The molecule has 0 saturated carbocycles. The number of piperidine rings is 1. The van der Waals surface area contributed by atoms with Crippen LogP contribution in [-0.2, 0) is 4.79 Å². The molecule has 25 heavy (non-hydrogen) atoms. The third-order valence-electron chi connectivity index (χ3n) is 4.46. The first kappa shape index (κ1) is 17.0. The predicted molar refractivity (Wildman–Crippen MR) is 91.2 cm³/mol. The quantitative estimate of drug-likeness (QED) is 0.921. The molecule has 3 heterocycles. The van der Waals surface area contributed by atoms with Gasteiger partial charge in [-0.3, -0.25) is 9.78 Å². The summed E-state index contributed by atoms with van der Waals surface area (Å²) in [5.41, 5.74) is 2.29. The molecule has 0 aromatic carbocycles. The summed E-state index contributed by atoms with van der Waals surface area (Å²) in [5.74, 6) is 0.0293. The molecule has 0 bridgehead atoms. The maximum absolute atomic E-state index is 11.5. The van der Waals surface area contributed by atoms with Gasteiger partial charge in [0, 0.05) is 49.6 Å². The van der Waals surface area contributed by atoms with Gasteiger partial charge in [-0.05, 0) is 31.9 Å². The van der Waals surface area contributed by atoms with E-state index in [1.807, 2.05) is 17.9 Å². The van der Waals surface area contributed by atoms with Crippen molar-refractivity contribution < 1.29 is 14.7 Å². The van der Waals surface area contributed by atoms with E-state index in [-0.39, 0.29) is 17.4 Å². The summed E-state index contributed by atoms with van der Waals surface area (Å²) in [6, 6.07) is 3.40. The molecular formula is C18H20N4O3. The number of carboxylic acids is 1. The highest BCUT2D eigenvalue weighted by Crippen LogP contribution is 2.28. The Morgan fingerprint density at radius 1 is 1.16 bits per heavy atom. The van der Waals surface area contributed by atoms with Crippen molar-refractivity contribution >= 4 is 11.9 Å². The third-order valence-corrected chi connectivity index (χ3v) is 4.46. The lowest BCUT2D eigenvalue weighted by Crippen LogP contribution is -2.36. The fourth-order valence-corrected chi connectivity index (χ4v) is 3.07. The second kappa shape index (κ2) is 6.96. The molecular weight excluding hydrogens is 320 g/mol. The van der Waals surface area contributed by atoms with Crippen LogP contribution in [0.4, 0.5) is 0 Å². The molecule has 1 N–H and O–H groups in total. The lowest BCUT2D eigenvalue weighted by atomic mass is 9.95. The molecule has 3 rings (SSSR count). The number of aromatic nitrogens is 3. The summed E-state index contributed by atoms with van der Waals surface area (Å²) in [4.78, 5) is 37.7. The highest BCUT2D eigenvalue weighted by atomic mass is 16.4. The normalized spacial score (nSPS) is 15.2. The average molecular weight is 340 g/mol. The van der Waals surface area contributed by atoms with Crippen molar-refractivity contribution in [2.45, 2.75) is 32.6 Å². The summed E-state index contributed by atoms with van der Waals surface area (Å²) >= 11 is 0. The number of aryl methyl sites for hydroxylation is 1. The van der Waals surface area contributed by atoms with Crippen molar-refractivity contribution in [1.29, 1.82) is 0 Å². The standard InChI is InChI=1S/C18H20N4O3/c1-11-7-16(14-8-15(18(24)25)10-19-9-14)21-17(20-11)13-3-5-22(6-4-13)12(2)23/h7-10,13H,3-6H2,1-2H3,(H,24,25). The third kappa shape index (κ3) is 3.81. The van der Waals surface area contributed by atoms with Crippen LogP contribution in [0.2, 0.25) is 0 Å². The second-order valence-corrected chi connectivity index (χ2v) is 6.30. The topological polar surface area (TPSA) is 96.3 Å². The number of rotatable bonds is 3. The number of amides is 1. The van der Waals surface area contributed by atoms with Crippen LogP contribution < -0.4 is 0 Å². The Hall–Kier alpha value is -2.83. The molecule has 1 aliphatic rings.